The molecule has 8 heteroatoms. The molecule has 1 heterocycles. The van der Waals surface area contributed by atoms with Crippen LogP contribution in [0.1, 0.15) is 51.6 Å². The predicted octanol–water partition coefficient (Wildman–Crippen LogP) is 2.35. The maximum Gasteiger partial charge on any atom is 0.329 e. The zero-order valence-electron chi connectivity index (χ0n) is 19.2. The number of carbonyl (C=O) groups excluding carboxylic acids is 2. The summed E-state index contributed by atoms with van der Waals surface area (Å²) in [6.45, 7) is 2.15. The second-order valence-corrected chi connectivity index (χ2v) is 9.59. The van der Waals surface area contributed by atoms with Crippen LogP contribution in [0, 0.1) is 11.8 Å². The number of carbonyl (C=O) groups is 3. The van der Waals surface area contributed by atoms with Gasteiger partial charge in [-0.25, -0.2) is 4.79 Å². The summed E-state index contributed by atoms with van der Waals surface area (Å²) in [5.74, 6) is -0.381. The molecule has 0 radical (unpaired) electrons. The van der Waals surface area contributed by atoms with Crippen molar-refractivity contribution in [2.45, 2.75) is 37.3 Å². The molecule has 2 aliphatic carbocycles. The molecule has 2 aromatic rings. The number of rotatable bonds is 7. The first-order chi connectivity index (χ1) is 16.3. The number of carboxylic acids is 1. The maximum atomic E-state index is 13.2. The highest BCUT2D eigenvalue weighted by Gasteiger charge is 2.57. The fourth-order valence-electron chi connectivity index (χ4n) is 5.53. The van der Waals surface area contributed by atoms with Crippen LogP contribution in [0.3, 0.4) is 0 Å². The summed E-state index contributed by atoms with van der Waals surface area (Å²) < 4.78 is 11.4. The third-order valence-electron chi connectivity index (χ3n) is 7.48. The Bertz CT molecular complexity index is 1140. The molecule has 5 atom stereocenters. The van der Waals surface area contributed by atoms with E-state index < -0.39 is 11.4 Å². The molecule has 0 saturated heterocycles. The van der Waals surface area contributed by atoms with Crippen molar-refractivity contribution in [1.82, 2.24) is 10.6 Å². The second-order valence-electron chi connectivity index (χ2n) is 9.59. The van der Waals surface area contributed by atoms with Crippen molar-refractivity contribution < 1.29 is 29.0 Å². The first-order valence-corrected chi connectivity index (χ1v) is 11.5. The number of hydrogen-bond donors (Lipinski definition) is 3. The smallest absolute Gasteiger partial charge is 0.329 e. The highest BCUT2D eigenvalue weighted by atomic mass is 16.5. The van der Waals surface area contributed by atoms with Gasteiger partial charge in [-0.05, 0) is 49.3 Å². The lowest BCUT2D eigenvalue weighted by atomic mass is 9.77. The molecule has 34 heavy (non-hydrogen) atoms. The van der Waals surface area contributed by atoms with Crippen molar-refractivity contribution in [3.8, 4) is 5.75 Å². The van der Waals surface area contributed by atoms with Crippen LogP contribution in [0.25, 0.3) is 0 Å². The Morgan fingerprint density at radius 2 is 1.82 bits per heavy atom. The molecule has 2 aromatic carbocycles. The van der Waals surface area contributed by atoms with Crippen LogP contribution in [0.5, 0.6) is 5.75 Å². The van der Waals surface area contributed by atoms with Gasteiger partial charge in [0.25, 0.3) is 11.8 Å². The minimum atomic E-state index is -0.972. The Hall–Kier alpha value is -3.39. The SMILES string of the molecule is CNC(=O)c1cc(C(=O)NC2[C@H]3CC(OCC(=O)O)C[C@@H]23)cc2c1OC[C@@]2(C)c1ccccc1. The van der Waals surface area contributed by atoms with Crippen molar-refractivity contribution in [3.63, 3.8) is 0 Å². The van der Waals surface area contributed by atoms with E-state index in [0.29, 0.717) is 35.3 Å². The van der Waals surface area contributed by atoms with Gasteiger partial charge in [-0.15, -0.1) is 0 Å². The highest BCUT2D eigenvalue weighted by molar-refractivity contribution is 6.02. The monoisotopic (exact) mass is 464 g/mol. The van der Waals surface area contributed by atoms with Gasteiger partial charge in [0.15, 0.2) is 0 Å². The van der Waals surface area contributed by atoms with Crippen LogP contribution in [-0.4, -0.2) is 55.3 Å². The number of ether oxygens (including phenoxy) is 2. The normalized spacial score (nSPS) is 28.4. The summed E-state index contributed by atoms with van der Waals surface area (Å²) in [5, 5.41) is 14.5. The van der Waals surface area contributed by atoms with Crippen LogP contribution in [0.4, 0.5) is 0 Å². The van der Waals surface area contributed by atoms with Gasteiger partial charge in [-0.1, -0.05) is 30.3 Å². The average Bonchev–Trinajstić information content (AvgIpc) is 3.15. The van der Waals surface area contributed by atoms with E-state index in [0.717, 1.165) is 24.0 Å². The molecule has 178 valence electrons. The molecular formula is C26H28N2O6. The highest BCUT2D eigenvalue weighted by Crippen LogP contribution is 2.53. The number of benzene rings is 2. The fraction of sp³-hybridized carbons (Fsp3) is 0.423. The van der Waals surface area contributed by atoms with Crippen molar-refractivity contribution in [2.75, 3.05) is 20.3 Å². The Morgan fingerprint density at radius 1 is 1.12 bits per heavy atom. The third-order valence-corrected chi connectivity index (χ3v) is 7.48. The van der Waals surface area contributed by atoms with E-state index in [9.17, 15) is 14.4 Å². The minimum absolute atomic E-state index is 0.0469. The molecule has 0 bridgehead atoms. The number of fused-ring (bicyclic) bond motifs is 2. The zero-order chi connectivity index (χ0) is 24.0. The number of nitrogens with one attached hydrogen (secondary N) is 2. The summed E-state index contributed by atoms with van der Waals surface area (Å²) in [4.78, 5) is 36.6. The van der Waals surface area contributed by atoms with E-state index in [1.165, 1.54) is 0 Å². The summed E-state index contributed by atoms with van der Waals surface area (Å²) in [6, 6.07) is 13.4. The largest absolute Gasteiger partial charge is 0.491 e. The number of amides is 2. The van der Waals surface area contributed by atoms with Gasteiger partial charge >= 0.3 is 5.97 Å². The van der Waals surface area contributed by atoms with Crippen LogP contribution in [-0.2, 0) is 14.9 Å². The molecule has 8 nitrogen and oxygen atoms in total. The lowest BCUT2D eigenvalue weighted by Gasteiger charge is -2.24. The van der Waals surface area contributed by atoms with Crippen LogP contribution >= 0.6 is 0 Å². The predicted molar refractivity (Wildman–Crippen MR) is 123 cm³/mol. The molecule has 2 amide bonds. The van der Waals surface area contributed by atoms with E-state index in [1.807, 2.05) is 36.4 Å². The lowest BCUT2D eigenvalue weighted by Crippen LogP contribution is -2.31. The molecule has 2 saturated carbocycles. The van der Waals surface area contributed by atoms with E-state index >= 15 is 0 Å². The van der Waals surface area contributed by atoms with Crippen LogP contribution < -0.4 is 15.4 Å². The summed E-state index contributed by atoms with van der Waals surface area (Å²) in [6.07, 6.45) is 1.43. The summed E-state index contributed by atoms with van der Waals surface area (Å²) in [7, 11) is 1.56. The number of carboxylic acid groups (broad SMARTS) is 1. The molecule has 1 aliphatic heterocycles. The van der Waals surface area contributed by atoms with E-state index in [1.54, 1.807) is 13.1 Å². The van der Waals surface area contributed by atoms with E-state index in [4.69, 9.17) is 14.6 Å². The molecule has 3 N–H and O–H groups in total. The van der Waals surface area contributed by atoms with Crippen molar-refractivity contribution in [1.29, 1.82) is 0 Å². The standard InChI is InChI=1S/C26H28N2O6/c1-26(15-6-4-3-5-7-15)13-34-23-19(25(32)27-2)8-14(9-20(23)26)24(31)28-22-17-10-16(11-18(17)22)33-12-21(29)30/h3-9,16-18,22H,10-13H2,1-2H3,(H,27,32)(H,28,31)(H,29,30)/t16?,17-,18+,22?,26-/m0/s1. The van der Waals surface area contributed by atoms with Crippen molar-refractivity contribution in [3.05, 3.63) is 64.7 Å². The molecular weight excluding hydrogens is 436 g/mol. The van der Waals surface area contributed by atoms with E-state index in [-0.39, 0.29) is 30.6 Å². The van der Waals surface area contributed by atoms with E-state index in [2.05, 4.69) is 17.6 Å². The van der Waals surface area contributed by atoms with Gasteiger partial charge in [0.05, 0.1) is 17.1 Å². The topological polar surface area (TPSA) is 114 Å². The molecule has 0 aromatic heterocycles. The number of hydrogen-bond acceptors (Lipinski definition) is 5. The minimum Gasteiger partial charge on any atom is -0.491 e. The Balaban J connectivity index is 1.37. The quantitative estimate of drug-likeness (QED) is 0.580. The van der Waals surface area contributed by atoms with Crippen LogP contribution in [0.15, 0.2) is 42.5 Å². The summed E-state index contributed by atoms with van der Waals surface area (Å²) in [5.41, 5.74) is 2.17. The van der Waals surface area contributed by atoms with Gasteiger partial charge < -0.3 is 25.2 Å². The first-order valence-electron chi connectivity index (χ1n) is 11.5. The fourth-order valence-corrected chi connectivity index (χ4v) is 5.53. The zero-order valence-corrected chi connectivity index (χ0v) is 19.2. The Kier molecular flexibility index (Phi) is 5.56. The maximum absolute atomic E-state index is 13.2. The second kappa shape index (κ2) is 8.43. The number of aliphatic carboxylic acids is 1. The van der Waals surface area contributed by atoms with Gasteiger partial charge in [-0.2, -0.15) is 0 Å². The van der Waals surface area contributed by atoms with Crippen molar-refractivity contribution in [2.24, 2.45) is 11.8 Å². The molecule has 2 fully saturated rings. The average molecular weight is 465 g/mol. The van der Waals surface area contributed by atoms with Crippen molar-refractivity contribution >= 4 is 17.8 Å². The molecule has 3 aliphatic rings. The van der Waals surface area contributed by atoms with Crippen LogP contribution in [0.2, 0.25) is 0 Å². The molecule has 5 rings (SSSR count). The van der Waals surface area contributed by atoms with Gasteiger partial charge in [0.2, 0.25) is 0 Å². The molecule has 2 unspecified atom stereocenters. The van der Waals surface area contributed by atoms with Gasteiger partial charge in [0.1, 0.15) is 19.0 Å². The summed E-state index contributed by atoms with van der Waals surface area (Å²) >= 11 is 0. The third kappa shape index (κ3) is 3.81. The Labute approximate surface area is 197 Å². The molecule has 0 spiro atoms. The van der Waals surface area contributed by atoms with Gasteiger partial charge in [0, 0.05) is 24.2 Å². The first kappa shape index (κ1) is 22.4. The van der Waals surface area contributed by atoms with Gasteiger partial charge in [-0.3, -0.25) is 9.59 Å². The Morgan fingerprint density at radius 3 is 2.47 bits per heavy atom. The lowest BCUT2D eigenvalue weighted by molar-refractivity contribution is -0.144.